The molecule has 1 amide bonds. The number of benzene rings is 3. The molecular formula is C31H28FNO6. The first-order valence-electron chi connectivity index (χ1n) is 13.1. The van der Waals surface area contributed by atoms with E-state index in [0.717, 1.165) is 12.0 Å². The molecule has 1 saturated carbocycles. The maximum Gasteiger partial charge on any atom is 0.327 e. The van der Waals surface area contributed by atoms with Crippen LogP contribution in [0.2, 0.25) is 0 Å². The lowest BCUT2D eigenvalue weighted by molar-refractivity contribution is -0.153. The van der Waals surface area contributed by atoms with Crippen LogP contribution in [0.25, 0.3) is 0 Å². The molecule has 4 atom stereocenters. The van der Waals surface area contributed by atoms with Crippen LogP contribution >= 0.6 is 0 Å². The highest BCUT2D eigenvalue weighted by atomic mass is 19.1. The Labute approximate surface area is 225 Å². The highest BCUT2D eigenvalue weighted by Crippen LogP contribution is 2.53. The van der Waals surface area contributed by atoms with E-state index in [4.69, 9.17) is 9.47 Å². The molecule has 0 aromatic heterocycles. The normalized spacial score (nSPS) is 23.9. The summed E-state index contributed by atoms with van der Waals surface area (Å²) in [6.07, 6.45) is 2.24. The average molecular weight is 530 g/mol. The van der Waals surface area contributed by atoms with E-state index in [2.05, 4.69) is 0 Å². The fourth-order valence-corrected chi connectivity index (χ4v) is 6.16. The van der Waals surface area contributed by atoms with Crippen molar-refractivity contribution < 1.29 is 33.4 Å². The number of halogens is 1. The lowest BCUT2D eigenvalue weighted by Crippen LogP contribution is -2.47. The van der Waals surface area contributed by atoms with E-state index in [1.54, 1.807) is 36.4 Å². The Hall–Kier alpha value is -4.20. The van der Waals surface area contributed by atoms with Gasteiger partial charge in [-0.1, -0.05) is 48.4 Å². The Balaban J connectivity index is 1.58. The van der Waals surface area contributed by atoms with E-state index in [1.807, 2.05) is 13.0 Å². The van der Waals surface area contributed by atoms with Gasteiger partial charge in [0.1, 0.15) is 11.9 Å². The van der Waals surface area contributed by atoms with Crippen LogP contribution in [0.15, 0.2) is 66.7 Å². The Morgan fingerprint density at radius 2 is 1.64 bits per heavy atom. The van der Waals surface area contributed by atoms with E-state index in [0.29, 0.717) is 41.0 Å². The third-order valence-electron chi connectivity index (χ3n) is 8.23. The van der Waals surface area contributed by atoms with E-state index >= 15 is 0 Å². The number of nitrogens with zero attached hydrogens (tertiary/aromatic N) is 1. The minimum atomic E-state index is -1.32. The number of carboxylic acid groups (broad SMARTS) is 1. The first kappa shape index (κ1) is 25.1. The van der Waals surface area contributed by atoms with E-state index in [-0.39, 0.29) is 24.4 Å². The topological polar surface area (TPSA) is 93.1 Å². The van der Waals surface area contributed by atoms with Crippen molar-refractivity contribution in [2.24, 2.45) is 11.8 Å². The van der Waals surface area contributed by atoms with Gasteiger partial charge in [-0.2, -0.15) is 0 Å². The number of fused-ring (bicyclic) bond motifs is 1. The third kappa shape index (κ3) is 4.33. The minimum Gasteiger partial charge on any atom is -0.480 e. The van der Waals surface area contributed by atoms with Crippen molar-refractivity contribution in [1.29, 1.82) is 0 Å². The van der Waals surface area contributed by atoms with Gasteiger partial charge in [0.2, 0.25) is 12.7 Å². The number of carbonyl (C=O) groups excluding carboxylic acids is 2. The van der Waals surface area contributed by atoms with Crippen LogP contribution in [0.3, 0.4) is 0 Å². The van der Waals surface area contributed by atoms with Crippen LogP contribution in [-0.2, 0) is 9.59 Å². The number of amides is 1. The van der Waals surface area contributed by atoms with E-state index in [9.17, 15) is 23.9 Å². The lowest BCUT2D eigenvalue weighted by Gasteiger charge is -2.36. The first-order valence-corrected chi connectivity index (χ1v) is 13.1. The standard InChI is InChI=1S/C31H28FNO6/c1-17-4-2-7-21(14-17)29(34)26-25(18-8-11-22(32)12-9-18)28(31(36)37)33(30(35)19-5-3-6-19)27(26)20-10-13-23-24(15-20)39-16-38-23/h2,4,7-15,19,25-28H,3,5-6,16H2,1H3,(H,36,37). The second-order valence-corrected chi connectivity index (χ2v) is 10.6. The molecule has 0 bridgehead atoms. The maximum atomic E-state index is 14.4. The summed E-state index contributed by atoms with van der Waals surface area (Å²) in [4.78, 5) is 42.8. The van der Waals surface area contributed by atoms with Gasteiger partial charge in [-0.15, -0.1) is 0 Å². The number of Topliss-reactive ketones (excluding diaryl/α,β-unsaturated/α-hetero) is 1. The van der Waals surface area contributed by atoms with Crippen molar-refractivity contribution in [3.8, 4) is 11.5 Å². The summed E-state index contributed by atoms with van der Waals surface area (Å²) < 4.78 is 25.0. The second-order valence-electron chi connectivity index (χ2n) is 10.6. The number of likely N-dealkylation sites (tertiary alicyclic amines) is 1. The molecule has 2 aliphatic heterocycles. The molecule has 3 aromatic rings. The number of rotatable bonds is 6. The molecule has 3 aliphatic rings. The predicted molar refractivity (Wildman–Crippen MR) is 139 cm³/mol. The van der Waals surface area contributed by atoms with Gasteiger partial charge in [0.05, 0.1) is 12.0 Å². The zero-order valence-electron chi connectivity index (χ0n) is 21.4. The van der Waals surface area contributed by atoms with Crippen molar-refractivity contribution in [3.63, 3.8) is 0 Å². The molecule has 200 valence electrons. The van der Waals surface area contributed by atoms with Crippen molar-refractivity contribution in [2.45, 2.75) is 44.2 Å². The number of hydrogen-bond donors (Lipinski definition) is 1. The number of carboxylic acids is 1. The second kappa shape index (κ2) is 9.84. The zero-order chi connectivity index (χ0) is 27.3. The monoisotopic (exact) mass is 529 g/mol. The van der Waals surface area contributed by atoms with Gasteiger partial charge in [0.25, 0.3) is 0 Å². The Morgan fingerprint density at radius 3 is 2.31 bits per heavy atom. The highest BCUT2D eigenvalue weighted by Gasteiger charge is 2.58. The Kier molecular flexibility index (Phi) is 6.33. The molecule has 39 heavy (non-hydrogen) atoms. The van der Waals surface area contributed by atoms with Gasteiger partial charge in [-0.05, 0) is 61.2 Å². The van der Waals surface area contributed by atoms with Crippen LogP contribution in [0, 0.1) is 24.6 Å². The quantitative estimate of drug-likeness (QED) is 0.437. The molecule has 2 fully saturated rings. The molecular weight excluding hydrogens is 501 g/mol. The van der Waals surface area contributed by atoms with Crippen molar-refractivity contribution in [2.75, 3.05) is 6.79 Å². The van der Waals surface area contributed by atoms with Crippen LogP contribution in [-0.4, -0.2) is 40.5 Å². The molecule has 1 aliphatic carbocycles. The van der Waals surface area contributed by atoms with Crippen molar-refractivity contribution >= 4 is 17.7 Å². The summed E-state index contributed by atoms with van der Waals surface area (Å²) in [5.74, 6) is -3.36. The summed E-state index contributed by atoms with van der Waals surface area (Å²) in [5, 5.41) is 10.6. The van der Waals surface area contributed by atoms with Gasteiger partial charge >= 0.3 is 5.97 Å². The largest absolute Gasteiger partial charge is 0.480 e. The van der Waals surface area contributed by atoms with Crippen molar-refractivity contribution in [3.05, 3.63) is 94.8 Å². The number of ether oxygens (including phenoxy) is 2. The SMILES string of the molecule is Cc1cccc(C(=O)C2C(c3ccc(F)cc3)C(C(=O)O)N(C(=O)C3CCC3)C2c2ccc3c(c2)OCO3)c1. The molecule has 1 N–H and O–H groups in total. The predicted octanol–water partition coefficient (Wildman–Crippen LogP) is 5.28. The fourth-order valence-electron chi connectivity index (χ4n) is 6.16. The summed E-state index contributed by atoms with van der Waals surface area (Å²) in [6.45, 7) is 1.93. The number of aliphatic carboxylic acids is 1. The summed E-state index contributed by atoms with van der Waals surface area (Å²) >= 11 is 0. The van der Waals surface area contributed by atoms with Crippen LogP contribution in [0.5, 0.6) is 11.5 Å². The molecule has 4 unspecified atom stereocenters. The molecule has 6 rings (SSSR count). The number of aryl methyl sites for hydroxylation is 1. The van der Waals surface area contributed by atoms with Crippen LogP contribution in [0.4, 0.5) is 4.39 Å². The van der Waals surface area contributed by atoms with E-state index < -0.39 is 35.7 Å². The van der Waals surface area contributed by atoms with Crippen LogP contribution < -0.4 is 9.47 Å². The van der Waals surface area contributed by atoms with Crippen LogP contribution in [0.1, 0.15) is 58.3 Å². The first-order chi connectivity index (χ1) is 18.8. The lowest BCUT2D eigenvalue weighted by atomic mass is 9.76. The van der Waals surface area contributed by atoms with E-state index in [1.165, 1.54) is 29.2 Å². The summed E-state index contributed by atoms with van der Waals surface area (Å²) in [6, 6.07) is 15.7. The van der Waals surface area contributed by atoms with Gasteiger partial charge in [-0.3, -0.25) is 9.59 Å². The molecule has 8 heteroatoms. The fraction of sp³-hybridized carbons (Fsp3) is 0.323. The molecule has 7 nitrogen and oxygen atoms in total. The molecule has 1 saturated heterocycles. The molecule has 0 radical (unpaired) electrons. The zero-order valence-corrected chi connectivity index (χ0v) is 21.4. The Bertz CT molecular complexity index is 1450. The van der Waals surface area contributed by atoms with Gasteiger partial charge in [0.15, 0.2) is 17.3 Å². The molecule has 3 aromatic carbocycles. The Morgan fingerprint density at radius 1 is 0.923 bits per heavy atom. The molecule has 2 heterocycles. The number of carbonyl (C=O) groups is 3. The smallest absolute Gasteiger partial charge is 0.327 e. The maximum absolute atomic E-state index is 14.4. The molecule has 0 spiro atoms. The van der Waals surface area contributed by atoms with Gasteiger partial charge in [-0.25, -0.2) is 9.18 Å². The average Bonchev–Trinajstić information content (AvgIpc) is 3.50. The highest BCUT2D eigenvalue weighted by molar-refractivity contribution is 6.01. The summed E-state index contributed by atoms with van der Waals surface area (Å²) in [7, 11) is 0. The van der Waals surface area contributed by atoms with Crippen molar-refractivity contribution in [1.82, 2.24) is 4.90 Å². The van der Waals surface area contributed by atoms with Gasteiger partial charge in [0, 0.05) is 17.4 Å². The van der Waals surface area contributed by atoms with Gasteiger partial charge < -0.3 is 19.5 Å². The number of hydrogen-bond acceptors (Lipinski definition) is 5. The summed E-state index contributed by atoms with van der Waals surface area (Å²) in [5.41, 5.74) is 2.40. The minimum absolute atomic E-state index is 0.0514. The number of ketones is 1. The third-order valence-corrected chi connectivity index (χ3v) is 8.23.